The van der Waals surface area contributed by atoms with Crippen LogP contribution >= 0.6 is 0 Å². The number of nitrogens with one attached hydrogen (secondary N) is 1. The number of benzene rings is 1. The summed E-state index contributed by atoms with van der Waals surface area (Å²) in [5, 5.41) is 12.1. The predicted octanol–water partition coefficient (Wildman–Crippen LogP) is 2.14. The molecule has 10 heteroatoms. The Kier molecular flexibility index (Phi) is 5.43. The Morgan fingerprint density at radius 3 is 2.43 bits per heavy atom. The number of carbonyl (C=O) groups excluding carboxylic acids is 1. The Labute approximate surface area is 162 Å². The monoisotopic (exact) mass is 400 g/mol. The smallest absolute Gasteiger partial charge is 0.321 e. The van der Waals surface area contributed by atoms with E-state index in [0.29, 0.717) is 5.69 Å². The standard InChI is InChI=1S/C18H20N6O3S/c1-13(14-3-5-17(6-4-14)28(19,26)27)23(2)18(25)22-15-11-21-24(12-15)16-7-9-20-10-8-16/h3-13H,1-2H3,(H,22,25)(H2,19,26,27). The molecule has 1 aromatic carbocycles. The van der Waals surface area contributed by atoms with Crippen molar-refractivity contribution in [3.8, 4) is 5.69 Å². The largest absolute Gasteiger partial charge is 0.322 e. The van der Waals surface area contributed by atoms with Crippen LogP contribution in [0.15, 0.2) is 66.1 Å². The van der Waals surface area contributed by atoms with Gasteiger partial charge in [0.25, 0.3) is 0 Å². The molecular weight excluding hydrogens is 380 g/mol. The SMILES string of the molecule is CC(c1ccc(S(N)(=O)=O)cc1)N(C)C(=O)Nc1cnn(-c2ccncc2)c1. The molecule has 2 heterocycles. The maximum Gasteiger partial charge on any atom is 0.322 e. The third-order valence-electron chi connectivity index (χ3n) is 4.35. The van der Waals surface area contributed by atoms with Gasteiger partial charge in [0.05, 0.1) is 34.7 Å². The third kappa shape index (κ3) is 4.35. The topological polar surface area (TPSA) is 123 Å². The molecule has 3 N–H and O–H groups in total. The molecule has 0 fully saturated rings. The first-order chi connectivity index (χ1) is 13.3. The number of hydrogen-bond acceptors (Lipinski definition) is 5. The summed E-state index contributed by atoms with van der Waals surface area (Å²) in [5.74, 6) is 0. The fraction of sp³-hybridized carbons (Fsp3) is 0.167. The number of primary sulfonamides is 1. The predicted molar refractivity (Wildman–Crippen MR) is 104 cm³/mol. The Morgan fingerprint density at radius 1 is 1.18 bits per heavy atom. The molecule has 0 aliphatic carbocycles. The van der Waals surface area contributed by atoms with Gasteiger partial charge < -0.3 is 10.2 Å². The highest BCUT2D eigenvalue weighted by atomic mass is 32.2. The van der Waals surface area contributed by atoms with Crippen molar-refractivity contribution in [2.45, 2.75) is 17.9 Å². The van der Waals surface area contributed by atoms with E-state index in [1.165, 1.54) is 17.0 Å². The lowest BCUT2D eigenvalue weighted by molar-refractivity contribution is 0.208. The second-order valence-electron chi connectivity index (χ2n) is 6.21. The lowest BCUT2D eigenvalue weighted by atomic mass is 10.1. The molecule has 3 rings (SSSR count). The molecule has 2 aromatic heterocycles. The number of nitrogens with two attached hydrogens (primary N) is 1. The summed E-state index contributed by atoms with van der Waals surface area (Å²) in [7, 11) is -2.10. The van der Waals surface area contributed by atoms with Gasteiger partial charge in [-0.3, -0.25) is 4.98 Å². The van der Waals surface area contributed by atoms with Gasteiger partial charge in [0.15, 0.2) is 0 Å². The molecule has 0 saturated carbocycles. The van der Waals surface area contributed by atoms with Crippen LogP contribution in [0.3, 0.4) is 0 Å². The molecule has 0 aliphatic heterocycles. The summed E-state index contributed by atoms with van der Waals surface area (Å²) in [6.45, 7) is 1.84. The van der Waals surface area contributed by atoms with Gasteiger partial charge in [0.1, 0.15) is 0 Å². The molecule has 146 valence electrons. The van der Waals surface area contributed by atoms with Gasteiger partial charge >= 0.3 is 6.03 Å². The molecular formula is C18H20N6O3S. The Bertz CT molecular complexity index is 1060. The minimum atomic E-state index is -3.75. The first kappa shape index (κ1) is 19.5. The van der Waals surface area contributed by atoms with E-state index >= 15 is 0 Å². The molecule has 0 spiro atoms. The number of hydrogen-bond donors (Lipinski definition) is 2. The second-order valence-corrected chi connectivity index (χ2v) is 7.77. The first-order valence-corrected chi connectivity index (χ1v) is 9.92. The number of urea groups is 1. The summed E-state index contributed by atoms with van der Waals surface area (Å²) >= 11 is 0. The Hall–Kier alpha value is -3.24. The average molecular weight is 400 g/mol. The fourth-order valence-corrected chi connectivity index (χ4v) is 3.09. The second kappa shape index (κ2) is 7.79. The summed E-state index contributed by atoms with van der Waals surface area (Å²) in [6, 6.07) is 9.11. The zero-order valence-corrected chi connectivity index (χ0v) is 16.2. The zero-order valence-electron chi connectivity index (χ0n) is 15.4. The molecule has 1 unspecified atom stereocenters. The normalized spacial score (nSPS) is 12.4. The van der Waals surface area contributed by atoms with Crippen LogP contribution in [-0.4, -0.2) is 41.2 Å². The van der Waals surface area contributed by atoms with Crippen molar-refractivity contribution in [1.82, 2.24) is 19.7 Å². The van der Waals surface area contributed by atoms with Crippen LogP contribution in [0, 0.1) is 0 Å². The van der Waals surface area contributed by atoms with E-state index in [2.05, 4.69) is 15.4 Å². The third-order valence-corrected chi connectivity index (χ3v) is 5.28. The average Bonchev–Trinajstić information content (AvgIpc) is 3.15. The number of carbonyl (C=O) groups is 1. The van der Waals surface area contributed by atoms with Crippen molar-refractivity contribution >= 4 is 21.7 Å². The molecule has 9 nitrogen and oxygen atoms in total. The number of aromatic nitrogens is 3. The van der Waals surface area contributed by atoms with Gasteiger partial charge in [-0.25, -0.2) is 23.0 Å². The lowest BCUT2D eigenvalue weighted by Crippen LogP contribution is -2.33. The molecule has 1 atom stereocenters. The van der Waals surface area contributed by atoms with Crippen LogP contribution in [0.25, 0.3) is 5.69 Å². The molecule has 28 heavy (non-hydrogen) atoms. The molecule has 2 amide bonds. The molecule has 0 saturated heterocycles. The minimum Gasteiger partial charge on any atom is -0.321 e. The number of rotatable bonds is 5. The number of sulfonamides is 1. The molecule has 0 aliphatic rings. The number of nitrogens with zero attached hydrogens (tertiary/aromatic N) is 4. The van der Waals surface area contributed by atoms with Gasteiger partial charge in [-0.15, -0.1) is 0 Å². The van der Waals surface area contributed by atoms with Gasteiger partial charge in [-0.05, 0) is 36.8 Å². The van der Waals surface area contributed by atoms with Crippen molar-refractivity contribution in [3.63, 3.8) is 0 Å². The van der Waals surface area contributed by atoms with Crippen LogP contribution < -0.4 is 10.5 Å². The van der Waals surface area contributed by atoms with Gasteiger partial charge in [-0.2, -0.15) is 5.10 Å². The first-order valence-electron chi connectivity index (χ1n) is 8.37. The maximum absolute atomic E-state index is 12.6. The number of anilines is 1. The molecule has 3 aromatic rings. The van der Waals surface area contributed by atoms with E-state index in [4.69, 9.17) is 5.14 Å². The zero-order chi connectivity index (χ0) is 20.3. The van der Waals surface area contributed by atoms with Crippen molar-refractivity contribution in [1.29, 1.82) is 0 Å². The van der Waals surface area contributed by atoms with Gasteiger partial charge in [-0.1, -0.05) is 12.1 Å². The summed E-state index contributed by atoms with van der Waals surface area (Å²) in [4.78, 5) is 18.0. The highest BCUT2D eigenvalue weighted by Crippen LogP contribution is 2.21. The van der Waals surface area contributed by atoms with Crippen LogP contribution in [0.1, 0.15) is 18.5 Å². The van der Waals surface area contributed by atoms with Crippen molar-refractivity contribution in [2.24, 2.45) is 5.14 Å². The van der Waals surface area contributed by atoms with Crippen LogP contribution in [0.2, 0.25) is 0 Å². The van der Waals surface area contributed by atoms with E-state index in [0.717, 1.165) is 11.3 Å². The van der Waals surface area contributed by atoms with E-state index in [1.807, 2.05) is 6.92 Å². The fourth-order valence-electron chi connectivity index (χ4n) is 2.57. The maximum atomic E-state index is 12.6. The van der Waals surface area contributed by atoms with Crippen LogP contribution in [-0.2, 0) is 10.0 Å². The Morgan fingerprint density at radius 2 is 1.82 bits per heavy atom. The highest BCUT2D eigenvalue weighted by molar-refractivity contribution is 7.89. The Balaban J connectivity index is 1.68. The van der Waals surface area contributed by atoms with Crippen molar-refractivity contribution in [2.75, 3.05) is 12.4 Å². The van der Waals surface area contributed by atoms with E-state index in [1.54, 1.807) is 60.8 Å². The van der Waals surface area contributed by atoms with Gasteiger partial charge in [0.2, 0.25) is 10.0 Å². The highest BCUT2D eigenvalue weighted by Gasteiger charge is 2.19. The quantitative estimate of drug-likeness (QED) is 0.679. The summed E-state index contributed by atoms with van der Waals surface area (Å²) < 4.78 is 24.3. The molecule has 0 radical (unpaired) electrons. The summed E-state index contributed by atoms with van der Waals surface area (Å²) in [5.41, 5.74) is 2.15. The van der Waals surface area contributed by atoms with E-state index in [9.17, 15) is 13.2 Å². The molecule has 0 bridgehead atoms. The van der Waals surface area contributed by atoms with Crippen molar-refractivity contribution in [3.05, 3.63) is 66.7 Å². The van der Waals surface area contributed by atoms with Gasteiger partial charge in [0, 0.05) is 19.4 Å². The summed E-state index contributed by atoms with van der Waals surface area (Å²) in [6.07, 6.45) is 6.57. The minimum absolute atomic E-state index is 0.0269. The van der Waals surface area contributed by atoms with E-state index < -0.39 is 10.0 Å². The van der Waals surface area contributed by atoms with Crippen molar-refractivity contribution < 1.29 is 13.2 Å². The van der Waals surface area contributed by atoms with Crippen LogP contribution in [0.5, 0.6) is 0 Å². The van der Waals surface area contributed by atoms with Crippen LogP contribution in [0.4, 0.5) is 10.5 Å². The number of amides is 2. The van der Waals surface area contributed by atoms with E-state index in [-0.39, 0.29) is 17.0 Å². The lowest BCUT2D eigenvalue weighted by Gasteiger charge is -2.25. The number of pyridine rings is 1.